The highest BCUT2D eigenvalue weighted by atomic mass is 16.2. The predicted molar refractivity (Wildman–Crippen MR) is 78.0 cm³/mol. The molecular formula is C15H22N4O. The molecule has 2 aromatic rings. The molecule has 0 radical (unpaired) electrons. The van der Waals surface area contributed by atoms with E-state index >= 15 is 0 Å². The summed E-state index contributed by atoms with van der Waals surface area (Å²) in [5, 5.41) is 8.56. The second-order valence-electron chi connectivity index (χ2n) is 4.87. The van der Waals surface area contributed by atoms with Gasteiger partial charge in [-0.3, -0.25) is 0 Å². The van der Waals surface area contributed by atoms with Crippen LogP contribution in [0, 0.1) is 0 Å². The van der Waals surface area contributed by atoms with E-state index in [0.29, 0.717) is 0 Å². The molecule has 0 aliphatic rings. The Labute approximate surface area is 119 Å². The molecule has 2 aromatic heterocycles. The van der Waals surface area contributed by atoms with E-state index in [9.17, 15) is 4.79 Å². The molecule has 0 saturated heterocycles. The number of rotatable bonds is 5. The fourth-order valence-corrected chi connectivity index (χ4v) is 2.51. The molecule has 5 heteroatoms. The average molecular weight is 274 g/mol. The summed E-state index contributed by atoms with van der Waals surface area (Å²) in [4.78, 5) is 12.5. The van der Waals surface area contributed by atoms with Gasteiger partial charge in [0.2, 0.25) is 0 Å². The van der Waals surface area contributed by atoms with Crippen molar-refractivity contribution in [2.45, 2.75) is 52.9 Å². The van der Waals surface area contributed by atoms with E-state index in [1.165, 1.54) is 10.2 Å². The first kappa shape index (κ1) is 14.5. The molecule has 20 heavy (non-hydrogen) atoms. The lowest BCUT2D eigenvalue weighted by atomic mass is 10.0. The average Bonchev–Trinajstić information content (AvgIpc) is 3.07. The van der Waals surface area contributed by atoms with Crippen LogP contribution in [0.15, 0.2) is 18.5 Å². The van der Waals surface area contributed by atoms with E-state index in [0.717, 1.165) is 43.5 Å². The van der Waals surface area contributed by atoms with Crippen LogP contribution in [0.2, 0.25) is 0 Å². The van der Waals surface area contributed by atoms with Crippen molar-refractivity contribution < 1.29 is 4.79 Å². The third-order valence-electron chi connectivity index (χ3n) is 3.38. The largest absolute Gasteiger partial charge is 0.369 e. The Morgan fingerprint density at radius 2 is 1.95 bits per heavy atom. The summed E-state index contributed by atoms with van der Waals surface area (Å²) in [6.07, 6.45) is 7.99. The number of aryl methyl sites for hydroxylation is 1. The highest BCUT2D eigenvalue weighted by molar-refractivity contribution is 5.78. The lowest BCUT2D eigenvalue weighted by Gasteiger charge is -2.06. The van der Waals surface area contributed by atoms with Crippen molar-refractivity contribution >= 4 is 6.03 Å². The maximum atomic E-state index is 12.5. The van der Waals surface area contributed by atoms with Crippen molar-refractivity contribution in [2.24, 2.45) is 0 Å². The van der Waals surface area contributed by atoms with Crippen molar-refractivity contribution in [3.63, 3.8) is 0 Å². The molecule has 2 rings (SSSR count). The Balaban J connectivity index is 2.47. The number of nitrogens with zero attached hydrogens (tertiary/aromatic N) is 4. The van der Waals surface area contributed by atoms with Crippen molar-refractivity contribution in [1.82, 2.24) is 19.6 Å². The maximum absolute atomic E-state index is 12.5. The molecule has 0 amide bonds. The molecule has 0 fully saturated rings. The fourth-order valence-electron chi connectivity index (χ4n) is 2.51. The summed E-state index contributed by atoms with van der Waals surface area (Å²) in [5.41, 5.74) is 3.33. The van der Waals surface area contributed by atoms with Gasteiger partial charge in [-0.1, -0.05) is 33.6 Å². The number of carbonyl (C=O) groups is 1. The molecule has 0 atom stereocenters. The predicted octanol–water partition coefficient (Wildman–Crippen LogP) is 3.06. The van der Waals surface area contributed by atoms with Crippen molar-refractivity contribution in [1.29, 1.82) is 0 Å². The van der Waals surface area contributed by atoms with Gasteiger partial charge < -0.3 is 0 Å². The molecule has 0 bridgehead atoms. The van der Waals surface area contributed by atoms with E-state index in [4.69, 9.17) is 0 Å². The zero-order valence-corrected chi connectivity index (χ0v) is 12.5. The first-order valence-electron chi connectivity index (χ1n) is 7.36. The Morgan fingerprint density at radius 1 is 1.20 bits per heavy atom. The molecule has 108 valence electrons. The topological polar surface area (TPSA) is 52.7 Å². The van der Waals surface area contributed by atoms with Gasteiger partial charge in [0.1, 0.15) is 0 Å². The van der Waals surface area contributed by atoms with Crippen molar-refractivity contribution in [3.8, 4) is 0 Å². The van der Waals surface area contributed by atoms with Crippen molar-refractivity contribution in [2.75, 3.05) is 0 Å². The number of hydrogen-bond acceptors (Lipinski definition) is 3. The number of aromatic nitrogens is 4. The van der Waals surface area contributed by atoms with E-state index in [1.807, 2.05) is 0 Å². The van der Waals surface area contributed by atoms with Crippen LogP contribution in [0.1, 0.15) is 50.6 Å². The summed E-state index contributed by atoms with van der Waals surface area (Å²) in [7, 11) is 0. The van der Waals surface area contributed by atoms with Crippen LogP contribution in [0.25, 0.3) is 0 Å². The van der Waals surface area contributed by atoms with Gasteiger partial charge >= 0.3 is 6.03 Å². The van der Waals surface area contributed by atoms with E-state index in [2.05, 4.69) is 31.0 Å². The summed E-state index contributed by atoms with van der Waals surface area (Å²) < 4.78 is 2.88. The van der Waals surface area contributed by atoms with Crippen LogP contribution in [-0.4, -0.2) is 25.6 Å². The van der Waals surface area contributed by atoms with Crippen LogP contribution in [-0.2, 0) is 19.3 Å². The Morgan fingerprint density at radius 3 is 2.50 bits per heavy atom. The normalized spacial score (nSPS) is 10.9. The summed E-state index contributed by atoms with van der Waals surface area (Å²) in [6, 6.07) is 1.55. The zero-order valence-electron chi connectivity index (χ0n) is 12.5. The van der Waals surface area contributed by atoms with Gasteiger partial charge in [0.05, 0.1) is 11.4 Å². The van der Waals surface area contributed by atoms with E-state index in [-0.39, 0.29) is 6.03 Å². The van der Waals surface area contributed by atoms with Gasteiger partial charge in [-0.2, -0.15) is 19.6 Å². The maximum Gasteiger partial charge on any atom is 0.369 e. The van der Waals surface area contributed by atoms with Gasteiger partial charge in [-0.25, -0.2) is 4.79 Å². The van der Waals surface area contributed by atoms with Gasteiger partial charge in [-0.15, -0.1) is 0 Å². The van der Waals surface area contributed by atoms with Crippen LogP contribution < -0.4 is 0 Å². The first-order valence-corrected chi connectivity index (χ1v) is 7.36. The zero-order chi connectivity index (χ0) is 14.5. The number of carbonyl (C=O) groups excluding carboxylic acids is 1. The van der Waals surface area contributed by atoms with Crippen LogP contribution >= 0.6 is 0 Å². The molecule has 0 spiro atoms. The molecular weight excluding hydrogens is 252 g/mol. The molecule has 0 aliphatic heterocycles. The highest BCUT2D eigenvalue weighted by Gasteiger charge is 2.20. The van der Waals surface area contributed by atoms with Crippen LogP contribution in [0.4, 0.5) is 4.79 Å². The fraction of sp³-hybridized carbons (Fsp3) is 0.533. The minimum absolute atomic E-state index is 0.199. The van der Waals surface area contributed by atoms with E-state index in [1.54, 1.807) is 23.1 Å². The standard InChI is InChI=1S/C15H22N4O/c1-4-8-13-12(6-3)14(9-5-2)19(17-13)15(20)18-11-7-10-16-18/h7,10-11H,4-6,8-9H2,1-3H3. The molecule has 5 nitrogen and oxygen atoms in total. The summed E-state index contributed by atoms with van der Waals surface area (Å²) in [6.45, 7) is 6.37. The van der Waals surface area contributed by atoms with Crippen LogP contribution in [0.5, 0.6) is 0 Å². The minimum Gasteiger partial charge on any atom is -0.244 e. The SMILES string of the molecule is CCCc1nn(C(=O)n2cccn2)c(CCC)c1CC. The quantitative estimate of drug-likeness (QED) is 0.842. The smallest absolute Gasteiger partial charge is 0.244 e. The molecule has 0 aromatic carbocycles. The lowest BCUT2D eigenvalue weighted by molar-refractivity contribution is 0.237. The highest BCUT2D eigenvalue weighted by Crippen LogP contribution is 2.19. The minimum atomic E-state index is -0.199. The third kappa shape index (κ3) is 2.66. The third-order valence-corrected chi connectivity index (χ3v) is 3.38. The second-order valence-corrected chi connectivity index (χ2v) is 4.87. The summed E-state index contributed by atoms with van der Waals surface area (Å²) >= 11 is 0. The molecule has 0 N–H and O–H groups in total. The van der Waals surface area contributed by atoms with Gasteiger partial charge in [-0.05, 0) is 30.9 Å². The van der Waals surface area contributed by atoms with E-state index < -0.39 is 0 Å². The Hall–Kier alpha value is -1.91. The monoisotopic (exact) mass is 274 g/mol. The molecule has 0 unspecified atom stereocenters. The lowest BCUT2D eigenvalue weighted by Crippen LogP contribution is -2.23. The molecule has 0 saturated carbocycles. The Kier molecular flexibility index (Phi) is 4.71. The van der Waals surface area contributed by atoms with Crippen LogP contribution in [0.3, 0.4) is 0 Å². The molecule has 0 aliphatic carbocycles. The van der Waals surface area contributed by atoms with Gasteiger partial charge in [0.15, 0.2) is 0 Å². The summed E-state index contributed by atoms with van der Waals surface area (Å²) in [5.74, 6) is 0. The first-order chi connectivity index (χ1) is 9.72. The molecule has 2 heterocycles. The van der Waals surface area contributed by atoms with Gasteiger partial charge in [0.25, 0.3) is 0 Å². The number of hydrogen-bond donors (Lipinski definition) is 0. The second kappa shape index (κ2) is 6.50. The van der Waals surface area contributed by atoms with Gasteiger partial charge in [0, 0.05) is 12.4 Å². The Bertz CT molecular complexity index is 569. The van der Waals surface area contributed by atoms with Crippen molar-refractivity contribution in [3.05, 3.63) is 35.4 Å².